The number of hydrogen-bond acceptors (Lipinski definition) is 4. The third kappa shape index (κ3) is 3.43. The lowest BCUT2D eigenvalue weighted by Gasteiger charge is -2.70. The monoisotopic (exact) mass is 433 g/mol. The van der Waals surface area contributed by atoms with Gasteiger partial charge in [0.15, 0.2) is 0 Å². The van der Waals surface area contributed by atoms with Crippen molar-refractivity contribution in [2.75, 3.05) is 13.2 Å². The molecule has 1 aromatic carbocycles. The minimum absolute atomic E-state index is 0.00302. The minimum atomic E-state index is -0.451. The number of nitrogens with zero attached hydrogens (tertiary/aromatic N) is 2. The van der Waals surface area contributed by atoms with Gasteiger partial charge in [-0.05, 0) is 51.2 Å². The molecule has 1 N–H and O–H groups in total. The highest BCUT2D eigenvalue weighted by atomic mass is 35.5. The van der Waals surface area contributed by atoms with E-state index >= 15 is 0 Å². The van der Waals surface area contributed by atoms with Gasteiger partial charge in [0.25, 0.3) is 0 Å². The molecule has 4 fully saturated rings. The molecule has 0 unspecified atom stereocenters. The van der Waals surface area contributed by atoms with Crippen molar-refractivity contribution in [1.29, 1.82) is 0 Å². The van der Waals surface area contributed by atoms with Gasteiger partial charge in [-0.15, -0.1) is 0 Å². The normalized spacial score (nSPS) is 31.4. The maximum atomic E-state index is 13.7. The molecule has 160 valence electrons. The van der Waals surface area contributed by atoms with E-state index in [0.717, 1.165) is 38.7 Å². The average Bonchev–Trinajstić information content (AvgIpc) is 3.10. The van der Waals surface area contributed by atoms with Crippen molar-refractivity contribution < 1.29 is 18.7 Å². The van der Waals surface area contributed by atoms with Gasteiger partial charge in [0, 0.05) is 23.9 Å². The van der Waals surface area contributed by atoms with Gasteiger partial charge in [0.2, 0.25) is 5.91 Å². The number of carbonyl (C=O) groups is 1. The number of ether oxygens (including phenoxy) is 2. The Balaban J connectivity index is 1.11. The molecule has 0 saturated heterocycles. The number of amides is 1. The molecule has 0 radical (unpaired) electrons. The quantitative estimate of drug-likeness (QED) is 0.689. The second kappa shape index (κ2) is 7.32. The fraction of sp³-hybridized carbons (Fsp3) is 0.545. The van der Waals surface area contributed by atoms with Crippen LogP contribution < -0.4 is 5.32 Å². The molecule has 0 atom stereocenters. The molecule has 8 heteroatoms. The first kappa shape index (κ1) is 20.0. The predicted molar refractivity (Wildman–Crippen MR) is 110 cm³/mol. The number of imidazole rings is 1. The van der Waals surface area contributed by atoms with Crippen LogP contribution in [-0.2, 0) is 19.8 Å². The fourth-order valence-electron chi connectivity index (χ4n) is 5.08. The number of nitrogens with one attached hydrogen (secondary N) is 1. The van der Waals surface area contributed by atoms with E-state index in [9.17, 15) is 9.18 Å². The second-order valence-corrected chi connectivity index (χ2v) is 9.27. The van der Waals surface area contributed by atoms with E-state index in [-0.39, 0.29) is 40.8 Å². The fourth-order valence-corrected chi connectivity index (χ4v) is 5.20. The summed E-state index contributed by atoms with van der Waals surface area (Å²) in [7, 11) is 0. The summed E-state index contributed by atoms with van der Waals surface area (Å²) < 4.78 is 27.0. The van der Waals surface area contributed by atoms with Gasteiger partial charge in [0.05, 0.1) is 34.8 Å². The van der Waals surface area contributed by atoms with Gasteiger partial charge in [-0.1, -0.05) is 17.7 Å². The van der Waals surface area contributed by atoms with Gasteiger partial charge in [-0.25, -0.2) is 9.37 Å². The van der Waals surface area contributed by atoms with Crippen LogP contribution in [0.15, 0.2) is 30.7 Å². The molecule has 2 bridgehead atoms. The van der Waals surface area contributed by atoms with Crippen LogP contribution in [0.3, 0.4) is 0 Å². The SMILES string of the molecule is CCO[C@H]1C[C@@H](OCC(=O)NC23CC(n4cnc(-c5ccc(Cl)c(F)c5)c4)(C2)C3)C1. The molecule has 1 amide bonds. The zero-order chi connectivity index (χ0) is 20.9. The molecule has 6 rings (SSSR count). The number of rotatable bonds is 8. The number of halogens is 2. The zero-order valence-corrected chi connectivity index (χ0v) is 17.6. The Bertz CT molecular complexity index is 953. The van der Waals surface area contributed by atoms with Crippen LogP contribution in [0.5, 0.6) is 0 Å². The summed E-state index contributed by atoms with van der Waals surface area (Å²) in [6.45, 7) is 2.81. The Hall–Kier alpha value is -1.96. The molecular weight excluding hydrogens is 409 g/mol. The first-order valence-electron chi connectivity index (χ1n) is 10.4. The molecule has 4 aliphatic rings. The topological polar surface area (TPSA) is 65.4 Å². The number of aromatic nitrogens is 2. The van der Waals surface area contributed by atoms with Gasteiger partial charge in [0.1, 0.15) is 12.4 Å². The van der Waals surface area contributed by atoms with E-state index < -0.39 is 5.82 Å². The number of carbonyl (C=O) groups excluding carboxylic acids is 1. The van der Waals surface area contributed by atoms with Crippen LogP contribution in [0.4, 0.5) is 4.39 Å². The van der Waals surface area contributed by atoms with Crippen molar-refractivity contribution in [3.8, 4) is 11.3 Å². The highest BCUT2D eigenvalue weighted by Gasteiger charge is 2.69. The Kier molecular flexibility index (Phi) is 4.87. The standard InChI is InChI=1S/C22H25ClFN3O3/c1-2-29-15-6-16(7-15)30-9-20(28)26-21-10-22(11-21,12-21)27-8-19(25-13-27)14-3-4-17(23)18(24)5-14/h3-5,8,13,15-16H,2,6-7,9-12H2,1H3,(H,26,28)/t15-,16+,21?,22?. The largest absolute Gasteiger partial charge is 0.378 e. The minimum Gasteiger partial charge on any atom is -0.378 e. The van der Waals surface area contributed by atoms with Gasteiger partial charge in [-0.3, -0.25) is 4.79 Å². The Labute approximate surface area is 179 Å². The lowest BCUT2D eigenvalue weighted by atomic mass is 9.44. The van der Waals surface area contributed by atoms with Crippen molar-refractivity contribution in [3.63, 3.8) is 0 Å². The van der Waals surface area contributed by atoms with Crippen LogP contribution in [0.2, 0.25) is 5.02 Å². The molecule has 4 aliphatic carbocycles. The lowest BCUT2D eigenvalue weighted by molar-refractivity contribution is -0.163. The van der Waals surface area contributed by atoms with E-state index in [1.165, 1.54) is 6.07 Å². The molecule has 0 aliphatic heterocycles. The Morgan fingerprint density at radius 3 is 2.73 bits per heavy atom. The van der Waals surface area contributed by atoms with E-state index in [1.54, 1.807) is 18.5 Å². The van der Waals surface area contributed by atoms with Crippen molar-refractivity contribution in [1.82, 2.24) is 14.9 Å². The number of hydrogen-bond donors (Lipinski definition) is 1. The van der Waals surface area contributed by atoms with Crippen molar-refractivity contribution in [3.05, 3.63) is 41.6 Å². The van der Waals surface area contributed by atoms with Crippen LogP contribution in [-0.4, -0.2) is 46.4 Å². The first-order chi connectivity index (χ1) is 14.4. The number of benzene rings is 1. The zero-order valence-electron chi connectivity index (χ0n) is 16.9. The summed E-state index contributed by atoms with van der Waals surface area (Å²) in [5.74, 6) is -0.500. The van der Waals surface area contributed by atoms with E-state index in [0.29, 0.717) is 11.3 Å². The predicted octanol–water partition coefficient (Wildman–Crippen LogP) is 3.67. The van der Waals surface area contributed by atoms with Crippen LogP contribution in [0.25, 0.3) is 11.3 Å². The Morgan fingerprint density at radius 1 is 1.30 bits per heavy atom. The summed E-state index contributed by atoms with van der Waals surface area (Å²) in [5.41, 5.74) is 1.30. The highest BCUT2D eigenvalue weighted by molar-refractivity contribution is 6.30. The first-order valence-corrected chi connectivity index (χ1v) is 10.8. The van der Waals surface area contributed by atoms with E-state index in [2.05, 4.69) is 14.9 Å². The molecular formula is C22H25ClFN3O3. The maximum absolute atomic E-state index is 13.7. The molecule has 1 aromatic heterocycles. The van der Waals surface area contributed by atoms with Gasteiger partial charge < -0.3 is 19.4 Å². The van der Waals surface area contributed by atoms with Crippen LogP contribution in [0.1, 0.15) is 39.0 Å². The summed E-state index contributed by atoms with van der Waals surface area (Å²) in [4.78, 5) is 16.7. The second-order valence-electron chi connectivity index (χ2n) is 8.86. The highest BCUT2D eigenvalue weighted by Crippen LogP contribution is 2.65. The molecule has 4 saturated carbocycles. The third-order valence-electron chi connectivity index (χ3n) is 6.66. The smallest absolute Gasteiger partial charge is 0.246 e. The van der Waals surface area contributed by atoms with E-state index in [4.69, 9.17) is 21.1 Å². The average molecular weight is 434 g/mol. The lowest BCUT2D eigenvalue weighted by Crippen LogP contribution is -2.78. The van der Waals surface area contributed by atoms with Gasteiger partial charge >= 0.3 is 0 Å². The van der Waals surface area contributed by atoms with Crippen molar-refractivity contribution >= 4 is 17.5 Å². The van der Waals surface area contributed by atoms with Crippen molar-refractivity contribution in [2.45, 2.75) is 62.3 Å². The summed E-state index contributed by atoms with van der Waals surface area (Å²) in [6, 6.07) is 4.71. The molecule has 6 nitrogen and oxygen atoms in total. The van der Waals surface area contributed by atoms with Gasteiger partial charge in [-0.2, -0.15) is 0 Å². The van der Waals surface area contributed by atoms with Crippen LogP contribution in [0, 0.1) is 5.82 Å². The molecule has 30 heavy (non-hydrogen) atoms. The Morgan fingerprint density at radius 2 is 2.03 bits per heavy atom. The van der Waals surface area contributed by atoms with E-state index in [1.807, 2.05) is 13.1 Å². The summed E-state index contributed by atoms with van der Waals surface area (Å²) in [5, 5.41) is 3.25. The van der Waals surface area contributed by atoms with Crippen molar-refractivity contribution in [2.24, 2.45) is 0 Å². The molecule has 1 heterocycles. The molecule has 2 aromatic rings. The maximum Gasteiger partial charge on any atom is 0.246 e. The summed E-state index contributed by atoms with van der Waals surface area (Å²) >= 11 is 5.76. The van der Waals surface area contributed by atoms with Crippen LogP contribution >= 0.6 is 11.6 Å². The third-order valence-corrected chi connectivity index (χ3v) is 6.96. The summed E-state index contributed by atoms with van der Waals surface area (Å²) in [6.07, 6.45) is 8.54. The molecule has 0 spiro atoms.